The number of hydrogen-bond donors (Lipinski definition) is 2. The number of carbonyl (C=O) groups is 2. The van der Waals surface area contributed by atoms with E-state index in [1.54, 1.807) is 25.1 Å². The van der Waals surface area contributed by atoms with Crippen molar-refractivity contribution in [3.05, 3.63) is 49.1 Å². The molecule has 1 rings (SSSR count). The Labute approximate surface area is 138 Å². The third-order valence-electron chi connectivity index (χ3n) is 3.34. The summed E-state index contributed by atoms with van der Waals surface area (Å²) in [7, 11) is 0. The van der Waals surface area contributed by atoms with Crippen LogP contribution >= 0.6 is 0 Å². The average molecular weight is 315 g/mol. The van der Waals surface area contributed by atoms with Gasteiger partial charge in [0.25, 0.3) is 0 Å². The van der Waals surface area contributed by atoms with Crippen LogP contribution in [0.4, 0.5) is 11.4 Å². The van der Waals surface area contributed by atoms with Crippen molar-refractivity contribution in [1.82, 2.24) is 4.90 Å². The number of anilines is 2. The zero-order valence-corrected chi connectivity index (χ0v) is 13.9. The summed E-state index contributed by atoms with van der Waals surface area (Å²) in [5.74, 6) is -0.171. The molecule has 0 saturated heterocycles. The van der Waals surface area contributed by atoms with Gasteiger partial charge in [-0.05, 0) is 24.6 Å². The molecular weight excluding hydrogens is 290 g/mol. The van der Waals surface area contributed by atoms with E-state index < -0.39 is 0 Å². The van der Waals surface area contributed by atoms with E-state index in [1.165, 1.54) is 0 Å². The fourth-order valence-corrected chi connectivity index (χ4v) is 2.11. The summed E-state index contributed by atoms with van der Waals surface area (Å²) >= 11 is 0. The lowest BCUT2D eigenvalue weighted by Crippen LogP contribution is -2.33. The molecule has 0 aliphatic rings. The number of benzene rings is 1. The molecule has 2 amide bonds. The Morgan fingerprint density at radius 3 is 2.09 bits per heavy atom. The Morgan fingerprint density at radius 1 is 1.09 bits per heavy atom. The zero-order valence-electron chi connectivity index (χ0n) is 13.9. The Balaban J connectivity index is 2.77. The molecular formula is C18H25N3O2. The summed E-state index contributed by atoms with van der Waals surface area (Å²) in [5.41, 5.74) is 2.24. The first-order chi connectivity index (χ1) is 11.0. The maximum atomic E-state index is 12.2. The topological polar surface area (TPSA) is 61.4 Å². The molecule has 0 aromatic heterocycles. The van der Waals surface area contributed by atoms with Crippen LogP contribution in [0.2, 0.25) is 0 Å². The van der Waals surface area contributed by atoms with E-state index in [1.807, 2.05) is 24.0 Å². The van der Waals surface area contributed by atoms with Gasteiger partial charge in [-0.1, -0.05) is 25.1 Å². The number of carbonyl (C=O) groups excluding carboxylic acids is 2. The lowest BCUT2D eigenvalue weighted by molar-refractivity contribution is -0.117. The lowest BCUT2D eigenvalue weighted by atomic mass is 10.1. The molecule has 2 N–H and O–H groups in total. The highest BCUT2D eigenvalue weighted by Gasteiger charge is 2.11. The Kier molecular flexibility index (Phi) is 7.77. The zero-order chi connectivity index (χ0) is 17.2. The number of nitrogens with one attached hydrogen (secondary N) is 2. The predicted molar refractivity (Wildman–Crippen MR) is 95.6 cm³/mol. The van der Waals surface area contributed by atoms with E-state index in [0.717, 1.165) is 5.56 Å². The first kappa shape index (κ1) is 18.6. The van der Waals surface area contributed by atoms with Crippen molar-refractivity contribution in [2.45, 2.75) is 20.3 Å². The van der Waals surface area contributed by atoms with Gasteiger partial charge in [-0.25, -0.2) is 0 Å². The van der Waals surface area contributed by atoms with Gasteiger partial charge in [0.05, 0.1) is 6.54 Å². The number of hydrogen-bond acceptors (Lipinski definition) is 3. The molecule has 124 valence electrons. The van der Waals surface area contributed by atoms with Crippen LogP contribution in [0.5, 0.6) is 0 Å². The van der Waals surface area contributed by atoms with Crippen LogP contribution in [0.1, 0.15) is 18.9 Å². The second-order valence-corrected chi connectivity index (χ2v) is 5.20. The first-order valence-corrected chi connectivity index (χ1v) is 7.65. The molecule has 0 unspecified atom stereocenters. The largest absolute Gasteiger partial charge is 0.326 e. The third-order valence-corrected chi connectivity index (χ3v) is 3.34. The highest BCUT2D eigenvalue weighted by Crippen LogP contribution is 2.23. The first-order valence-electron chi connectivity index (χ1n) is 7.65. The summed E-state index contributed by atoms with van der Waals surface area (Å²) in [5, 5.41) is 5.72. The SMILES string of the molecule is C=CCN(CC=C)CC(=O)Nc1cccc(NC(=O)CC)c1C. The highest BCUT2D eigenvalue weighted by atomic mass is 16.2. The van der Waals surface area contributed by atoms with Crippen LogP contribution in [0.25, 0.3) is 0 Å². The van der Waals surface area contributed by atoms with Gasteiger partial charge in [0, 0.05) is 30.9 Å². The fraction of sp³-hybridized carbons (Fsp3) is 0.333. The lowest BCUT2D eigenvalue weighted by Gasteiger charge is -2.19. The molecule has 1 aromatic carbocycles. The molecule has 0 spiro atoms. The van der Waals surface area contributed by atoms with Gasteiger partial charge in [0.2, 0.25) is 11.8 Å². The fourth-order valence-electron chi connectivity index (χ4n) is 2.11. The van der Waals surface area contributed by atoms with E-state index in [0.29, 0.717) is 30.9 Å². The molecule has 23 heavy (non-hydrogen) atoms. The third kappa shape index (κ3) is 6.08. The summed E-state index contributed by atoms with van der Waals surface area (Å²) < 4.78 is 0. The van der Waals surface area contributed by atoms with Crippen LogP contribution < -0.4 is 10.6 Å². The standard InChI is InChI=1S/C18H25N3O2/c1-5-11-21(12-6-2)13-18(23)20-16-10-8-9-15(14(16)4)19-17(22)7-3/h5-6,8-10H,1-2,7,11-13H2,3-4H3,(H,19,22)(H,20,23). The molecule has 1 aromatic rings. The molecule has 0 atom stereocenters. The maximum absolute atomic E-state index is 12.2. The van der Waals surface area contributed by atoms with Gasteiger partial charge in [-0.15, -0.1) is 13.2 Å². The van der Waals surface area contributed by atoms with Crippen LogP contribution in [0, 0.1) is 6.92 Å². The van der Waals surface area contributed by atoms with Gasteiger partial charge in [-0.3, -0.25) is 14.5 Å². The minimum atomic E-state index is -0.115. The molecule has 0 radical (unpaired) electrons. The summed E-state index contributed by atoms with van der Waals surface area (Å²) in [6, 6.07) is 5.44. The quantitative estimate of drug-likeness (QED) is 0.689. The van der Waals surface area contributed by atoms with Crippen molar-refractivity contribution in [3.63, 3.8) is 0 Å². The molecule has 0 aliphatic carbocycles. The molecule has 5 nitrogen and oxygen atoms in total. The second kappa shape index (κ2) is 9.58. The molecule has 0 aliphatic heterocycles. The maximum Gasteiger partial charge on any atom is 0.238 e. The van der Waals surface area contributed by atoms with Crippen molar-refractivity contribution in [2.75, 3.05) is 30.3 Å². The Morgan fingerprint density at radius 2 is 1.61 bits per heavy atom. The van der Waals surface area contributed by atoms with Crippen LogP contribution in [0.3, 0.4) is 0 Å². The monoisotopic (exact) mass is 315 g/mol. The number of nitrogens with zero attached hydrogens (tertiary/aromatic N) is 1. The Hall–Kier alpha value is -2.40. The van der Waals surface area contributed by atoms with E-state index in [-0.39, 0.29) is 18.4 Å². The summed E-state index contributed by atoms with van der Waals surface area (Å²) in [4.78, 5) is 25.7. The molecule has 0 saturated carbocycles. The van der Waals surface area contributed by atoms with E-state index in [9.17, 15) is 9.59 Å². The van der Waals surface area contributed by atoms with Gasteiger partial charge in [0.15, 0.2) is 0 Å². The summed E-state index contributed by atoms with van der Waals surface area (Å²) in [6.45, 7) is 12.5. The molecule has 0 bridgehead atoms. The van der Waals surface area contributed by atoms with Gasteiger partial charge in [-0.2, -0.15) is 0 Å². The van der Waals surface area contributed by atoms with Gasteiger partial charge >= 0.3 is 0 Å². The van der Waals surface area contributed by atoms with Gasteiger partial charge < -0.3 is 10.6 Å². The van der Waals surface area contributed by atoms with Crippen molar-refractivity contribution >= 4 is 23.2 Å². The minimum absolute atomic E-state index is 0.0558. The van der Waals surface area contributed by atoms with Crippen LogP contribution in [-0.2, 0) is 9.59 Å². The van der Waals surface area contributed by atoms with Crippen molar-refractivity contribution < 1.29 is 9.59 Å². The number of amides is 2. The van der Waals surface area contributed by atoms with E-state index >= 15 is 0 Å². The number of rotatable bonds is 9. The normalized spacial score (nSPS) is 10.2. The van der Waals surface area contributed by atoms with Crippen molar-refractivity contribution in [2.24, 2.45) is 0 Å². The predicted octanol–water partition coefficient (Wildman–Crippen LogP) is 2.96. The van der Waals surface area contributed by atoms with Gasteiger partial charge in [0.1, 0.15) is 0 Å². The summed E-state index contributed by atoms with van der Waals surface area (Å²) in [6.07, 6.45) is 3.92. The molecule has 5 heteroatoms. The van der Waals surface area contributed by atoms with Crippen molar-refractivity contribution in [3.8, 4) is 0 Å². The minimum Gasteiger partial charge on any atom is -0.326 e. The van der Waals surface area contributed by atoms with Crippen molar-refractivity contribution in [1.29, 1.82) is 0 Å². The smallest absolute Gasteiger partial charge is 0.238 e. The highest BCUT2D eigenvalue weighted by molar-refractivity contribution is 5.96. The Bertz CT molecular complexity index is 572. The molecule has 0 fully saturated rings. The average Bonchev–Trinajstić information content (AvgIpc) is 2.51. The van der Waals surface area contributed by atoms with Crippen LogP contribution in [0.15, 0.2) is 43.5 Å². The van der Waals surface area contributed by atoms with E-state index in [2.05, 4.69) is 23.8 Å². The second-order valence-electron chi connectivity index (χ2n) is 5.20. The van der Waals surface area contributed by atoms with Crippen LogP contribution in [-0.4, -0.2) is 36.3 Å². The van der Waals surface area contributed by atoms with E-state index in [4.69, 9.17) is 0 Å². The molecule has 0 heterocycles.